The van der Waals surface area contributed by atoms with Crippen LogP contribution in [-0.2, 0) is 10.3 Å². The molecule has 0 saturated heterocycles. The van der Waals surface area contributed by atoms with Gasteiger partial charge in [0.25, 0.3) is 11.9 Å². The minimum atomic E-state index is -3.57. The molecule has 136 valence electrons. The molecule has 1 amide bonds. The van der Waals surface area contributed by atoms with Crippen molar-refractivity contribution in [2.75, 3.05) is 11.9 Å². The molecular formula is C15H13F3N6O2. The summed E-state index contributed by atoms with van der Waals surface area (Å²) >= 11 is 0. The lowest BCUT2D eigenvalue weighted by Gasteiger charge is -2.36. The van der Waals surface area contributed by atoms with E-state index < -0.39 is 41.5 Å². The predicted octanol–water partition coefficient (Wildman–Crippen LogP) is 1.46. The van der Waals surface area contributed by atoms with Gasteiger partial charge in [0.1, 0.15) is 23.0 Å². The summed E-state index contributed by atoms with van der Waals surface area (Å²) in [7, 11) is 0. The minimum absolute atomic E-state index is 0.0231. The van der Waals surface area contributed by atoms with E-state index in [1.54, 1.807) is 0 Å². The van der Waals surface area contributed by atoms with Crippen LogP contribution in [0.2, 0.25) is 0 Å². The van der Waals surface area contributed by atoms with Crippen LogP contribution >= 0.6 is 0 Å². The molecule has 0 unspecified atom stereocenters. The summed E-state index contributed by atoms with van der Waals surface area (Å²) in [6.45, 7) is -0.0851. The molecule has 0 fully saturated rings. The Bertz CT molecular complexity index is 877. The molecule has 2 aromatic rings. The molecule has 0 radical (unpaired) electrons. The lowest BCUT2D eigenvalue weighted by atomic mass is 9.89. The highest BCUT2D eigenvalue weighted by atomic mass is 19.3. The average molecular weight is 366 g/mol. The minimum Gasteiger partial charge on any atom is -0.459 e. The maximum Gasteiger partial charge on any atom is 0.311 e. The first-order valence-electron chi connectivity index (χ1n) is 7.33. The van der Waals surface area contributed by atoms with Gasteiger partial charge in [-0.25, -0.2) is 19.4 Å². The normalized spacial score (nSPS) is 21.5. The van der Waals surface area contributed by atoms with Crippen molar-refractivity contribution < 1.29 is 22.7 Å². The number of hydrogen-bond donors (Lipinski definition) is 2. The van der Waals surface area contributed by atoms with E-state index in [9.17, 15) is 18.0 Å². The Hall–Kier alpha value is -3.24. The smallest absolute Gasteiger partial charge is 0.311 e. The number of halogens is 3. The number of nitrogens with one attached hydrogen (secondary N) is 1. The van der Waals surface area contributed by atoms with E-state index in [-0.39, 0.29) is 11.5 Å². The number of hydrogen-bond acceptors (Lipinski definition) is 7. The first kappa shape index (κ1) is 17.6. The average Bonchev–Trinajstić information content (AvgIpc) is 2.61. The van der Waals surface area contributed by atoms with Gasteiger partial charge in [0.05, 0.1) is 6.20 Å². The van der Waals surface area contributed by atoms with Crippen LogP contribution in [0.25, 0.3) is 0 Å². The van der Waals surface area contributed by atoms with E-state index in [2.05, 4.69) is 30.0 Å². The zero-order valence-electron chi connectivity index (χ0n) is 13.4. The Morgan fingerprint density at radius 2 is 2.12 bits per heavy atom. The Morgan fingerprint density at radius 3 is 2.81 bits per heavy atom. The van der Waals surface area contributed by atoms with Crippen LogP contribution in [0.5, 0.6) is 0 Å². The van der Waals surface area contributed by atoms with Gasteiger partial charge in [-0.1, -0.05) is 0 Å². The van der Waals surface area contributed by atoms with Crippen molar-refractivity contribution in [3.63, 3.8) is 0 Å². The van der Waals surface area contributed by atoms with Crippen LogP contribution in [0.15, 0.2) is 35.7 Å². The van der Waals surface area contributed by atoms with Crippen molar-refractivity contribution in [2.24, 2.45) is 10.7 Å². The van der Waals surface area contributed by atoms with Crippen LogP contribution < -0.4 is 11.1 Å². The van der Waals surface area contributed by atoms with Gasteiger partial charge in [0.15, 0.2) is 12.1 Å². The molecule has 2 aromatic heterocycles. The number of carbonyl (C=O) groups is 1. The molecule has 0 spiro atoms. The third-order valence-electron chi connectivity index (χ3n) is 3.79. The van der Waals surface area contributed by atoms with Crippen LogP contribution in [0.1, 0.15) is 23.1 Å². The summed E-state index contributed by atoms with van der Waals surface area (Å²) in [5.41, 5.74) is 2.28. The molecule has 3 rings (SSSR count). The fourth-order valence-electron chi connectivity index (χ4n) is 2.32. The number of nitrogens with two attached hydrogens (primary N) is 1. The molecule has 0 aliphatic carbocycles. The zero-order valence-corrected chi connectivity index (χ0v) is 13.4. The zero-order chi connectivity index (χ0) is 18.9. The first-order chi connectivity index (χ1) is 12.2. The predicted molar refractivity (Wildman–Crippen MR) is 84.1 cm³/mol. The van der Waals surface area contributed by atoms with E-state index in [1.807, 2.05) is 0 Å². The van der Waals surface area contributed by atoms with E-state index in [4.69, 9.17) is 5.73 Å². The summed E-state index contributed by atoms with van der Waals surface area (Å²) in [6, 6.07) is 1.52. The lowest BCUT2D eigenvalue weighted by molar-refractivity contribution is -0.118. The van der Waals surface area contributed by atoms with E-state index in [0.717, 1.165) is 19.1 Å². The van der Waals surface area contributed by atoms with Crippen LogP contribution in [-0.4, -0.2) is 39.4 Å². The summed E-state index contributed by atoms with van der Waals surface area (Å²) in [4.78, 5) is 27.0. The van der Waals surface area contributed by atoms with Crippen molar-refractivity contribution in [2.45, 2.75) is 18.4 Å². The maximum atomic E-state index is 14.4. The Kier molecular flexibility index (Phi) is 4.22. The fourth-order valence-corrected chi connectivity index (χ4v) is 2.32. The summed E-state index contributed by atoms with van der Waals surface area (Å²) in [5, 5.41) is 2.35. The highest BCUT2D eigenvalue weighted by Crippen LogP contribution is 2.43. The van der Waals surface area contributed by atoms with Crippen LogP contribution in [0.4, 0.5) is 19.0 Å². The number of ether oxygens (including phenoxy) is 1. The van der Waals surface area contributed by atoms with E-state index in [0.29, 0.717) is 0 Å². The Labute approximate surface area is 145 Å². The molecule has 1 aliphatic rings. The number of aromatic nitrogens is 3. The van der Waals surface area contributed by atoms with Gasteiger partial charge in [0, 0.05) is 12.4 Å². The van der Waals surface area contributed by atoms with Gasteiger partial charge in [-0.2, -0.15) is 8.78 Å². The number of amides is 1. The standard InChI is InChI=1S/C15H13F3N6O2/c1-14(15(17,18)7-26-13(19)24-14)11-8(16)2-3-10(22-11)23-12(25)9-6-20-4-5-21-9/h2-6H,7H2,1H3,(H2,19,24)(H,22,23,25)/t14-/m1/s1. The third-order valence-corrected chi connectivity index (χ3v) is 3.79. The largest absolute Gasteiger partial charge is 0.459 e. The molecule has 3 N–H and O–H groups in total. The van der Waals surface area contributed by atoms with Crippen molar-refractivity contribution >= 4 is 17.7 Å². The van der Waals surface area contributed by atoms with Gasteiger partial charge in [-0.3, -0.25) is 9.78 Å². The molecule has 0 saturated carbocycles. The van der Waals surface area contributed by atoms with Gasteiger partial charge in [-0.15, -0.1) is 0 Å². The molecule has 26 heavy (non-hydrogen) atoms. The summed E-state index contributed by atoms with van der Waals surface area (Å²) in [5.74, 6) is -5.44. The summed E-state index contributed by atoms with van der Waals surface area (Å²) in [6.07, 6.45) is 3.89. The van der Waals surface area contributed by atoms with Crippen molar-refractivity contribution in [1.29, 1.82) is 0 Å². The Morgan fingerprint density at radius 1 is 1.35 bits per heavy atom. The number of nitrogens with zero attached hydrogens (tertiary/aromatic N) is 4. The van der Waals surface area contributed by atoms with Crippen molar-refractivity contribution in [1.82, 2.24) is 15.0 Å². The molecular weight excluding hydrogens is 353 g/mol. The number of rotatable bonds is 3. The second-order valence-electron chi connectivity index (χ2n) is 5.59. The number of pyridine rings is 1. The number of carbonyl (C=O) groups excluding carboxylic acids is 1. The van der Waals surface area contributed by atoms with Gasteiger partial charge in [-0.05, 0) is 19.1 Å². The molecule has 0 aromatic carbocycles. The molecule has 8 nitrogen and oxygen atoms in total. The van der Waals surface area contributed by atoms with Crippen molar-refractivity contribution in [3.8, 4) is 0 Å². The number of aliphatic imine (C=N–C) groups is 1. The van der Waals surface area contributed by atoms with Crippen molar-refractivity contribution in [3.05, 3.63) is 47.9 Å². The van der Waals surface area contributed by atoms with E-state index in [1.165, 1.54) is 18.6 Å². The van der Waals surface area contributed by atoms with Gasteiger partial charge < -0.3 is 15.8 Å². The monoisotopic (exact) mass is 366 g/mol. The highest BCUT2D eigenvalue weighted by molar-refractivity contribution is 6.02. The van der Waals surface area contributed by atoms with E-state index >= 15 is 0 Å². The SMILES string of the molecule is C[C@]1(c2nc(NC(=O)c3cnccn3)ccc2F)N=C(N)OCC1(F)F. The number of alkyl halides is 2. The molecule has 11 heteroatoms. The molecule has 3 heterocycles. The van der Waals surface area contributed by atoms with Crippen LogP contribution in [0, 0.1) is 5.82 Å². The second kappa shape index (κ2) is 6.24. The van der Waals surface area contributed by atoms with Gasteiger partial charge >= 0.3 is 5.92 Å². The lowest BCUT2D eigenvalue weighted by Crippen LogP contribution is -2.51. The molecule has 0 bridgehead atoms. The first-order valence-corrected chi connectivity index (χ1v) is 7.33. The topological polar surface area (TPSA) is 115 Å². The molecule has 1 aliphatic heterocycles. The number of anilines is 1. The van der Waals surface area contributed by atoms with Gasteiger partial charge in [0.2, 0.25) is 0 Å². The fraction of sp³-hybridized carbons (Fsp3) is 0.267. The quantitative estimate of drug-likeness (QED) is 0.850. The molecule has 1 atom stereocenters. The second-order valence-corrected chi connectivity index (χ2v) is 5.59. The summed E-state index contributed by atoms with van der Waals surface area (Å²) < 4.78 is 47.5. The maximum absolute atomic E-state index is 14.4. The van der Waals surface area contributed by atoms with Crippen LogP contribution in [0.3, 0.4) is 0 Å². The Balaban J connectivity index is 1.98. The highest BCUT2D eigenvalue weighted by Gasteiger charge is 2.57. The number of amidine groups is 1. The third kappa shape index (κ3) is 3.03.